The Balaban J connectivity index is 2.11. The van der Waals surface area contributed by atoms with Crippen LogP contribution in [-0.4, -0.2) is 17.0 Å². The van der Waals surface area contributed by atoms with Gasteiger partial charge in [0.2, 0.25) is 5.91 Å². The van der Waals surface area contributed by atoms with Crippen molar-refractivity contribution in [3.05, 3.63) is 59.6 Å². The van der Waals surface area contributed by atoms with Gasteiger partial charge in [0.15, 0.2) is 0 Å². The smallest absolute Gasteiger partial charge is 0.335 e. The van der Waals surface area contributed by atoms with Gasteiger partial charge in [-0.05, 0) is 42.8 Å². The molecular formula is C15H13NO4. The Morgan fingerprint density at radius 1 is 1.30 bits per heavy atom. The third kappa shape index (κ3) is 3.35. The number of amides is 1. The minimum atomic E-state index is -1.04. The number of carbonyl (C=O) groups excluding carboxylic acids is 1. The number of anilines is 1. The summed E-state index contributed by atoms with van der Waals surface area (Å²) in [7, 11) is 0. The van der Waals surface area contributed by atoms with Gasteiger partial charge in [-0.3, -0.25) is 4.79 Å². The molecule has 5 heteroatoms. The van der Waals surface area contributed by atoms with Crippen LogP contribution in [0.2, 0.25) is 0 Å². The van der Waals surface area contributed by atoms with E-state index in [0.717, 1.165) is 5.56 Å². The highest BCUT2D eigenvalue weighted by Gasteiger charge is 2.07. The lowest BCUT2D eigenvalue weighted by Gasteiger charge is -2.07. The van der Waals surface area contributed by atoms with Crippen LogP contribution in [0.5, 0.6) is 0 Å². The molecule has 0 saturated heterocycles. The largest absolute Gasteiger partial charge is 0.478 e. The molecule has 102 valence electrons. The van der Waals surface area contributed by atoms with Crippen LogP contribution in [0.25, 0.3) is 6.08 Å². The van der Waals surface area contributed by atoms with Crippen LogP contribution in [0.4, 0.5) is 5.69 Å². The summed E-state index contributed by atoms with van der Waals surface area (Å²) < 4.78 is 5.06. The van der Waals surface area contributed by atoms with E-state index < -0.39 is 5.97 Å². The van der Waals surface area contributed by atoms with Gasteiger partial charge in [-0.25, -0.2) is 4.79 Å². The van der Waals surface area contributed by atoms with Gasteiger partial charge in [0, 0.05) is 11.8 Å². The van der Waals surface area contributed by atoms with Crippen molar-refractivity contribution in [2.24, 2.45) is 0 Å². The fourth-order valence-electron chi connectivity index (χ4n) is 1.61. The fraction of sp³-hybridized carbons (Fsp3) is 0.0667. The quantitative estimate of drug-likeness (QED) is 0.838. The van der Waals surface area contributed by atoms with Crippen molar-refractivity contribution >= 4 is 23.6 Å². The average Bonchev–Trinajstić information content (AvgIpc) is 2.92. The summed E-state index contributed by atoms with van der Waals surface area (Å²) in [4.78, 5) is 22.6. The Kier molecular flexibility index (Phi) is 4.00. The van der Waals surface area contributed by atoms with Crippen molar-refractivity contribution in [1.29, 1.82) is 0 Å². The zero-order valence-electron chi connectivity index (χ0n) is 10.8. The van der Waals surface area contributed by atoms with Crippen LogP contribution in [0.1, 0.15) is 21.7 Å². The Labute approximate surface area is 115 Å². The van der Waals surface area contributed by atoms with Crippen LogP contribution in [0.3, 0.4) is 0 Å². The summed E-state index contributed by atoms with van der Waals surface area (Å²) in [6.45, 7) is 1.79. The molecule has 0 radical (unpaired) electrons. The Morgan fingerprint density at radius 3 is 2.75 bits per heavy atom. The second-order valence-corrected chi connectivity index (χ2v) is 4.17. The molecule has 1 amide bonds. The monoisotopic (exact) mass is 271 g/mol. The molecule has 2 N–H and O–H groups in total. The third-order valence-corrected chi connectivity index (χ3v) is 2.68. The van der Waals surface area contributed by atoms with Gasteiger partial charge >= 0.3 is 5.97 Å². The highest BCUT2D eigenvalue weighted by atomic mass is 16.4. The van der Waals surface area contributed by atoms with Gasteiger partial charge in [0.1, 0.15) is 5.76 Å². The topological polar surface area (TPSA) is 79.5 Å². The molecule has 0 aliphatic carbocycles. The number of rotatable bonds is 4. The maximum Gasteiger partial charge on any atom is 0.335 e. The summed E-state index contributed by atoms with van der Waals surface area (Å²) in [5.74, 6) is -0.824. The molecule has 0 aliphatic heterocycles. The number of hydrogen-bond acceptors (Lipinski definition) is 3. The van der Waals surface area contributed by atoms with E-state index in [1.807, 2.05) is 0 Å². The molecule has 2 rings (SSSR count). The molecule has 1 aromatic heterocycles. The number of carboxylic acid groups (broad SMARTS) is 1. The van der Waals surface area contributed by atoms with Crippen molar-refractivity contribution < 1.29 is 19.1 Å². The van der Waals surface area contributed by atoms with Gasteiger partial charge in [0.25, 0.3) is 0 Å². The van der Waals surface area contributed by atoms with Crippen molar-refractivity contribution in [3.8, 4) is 0 Å². The summed E-state index contributed by atoms with van der Waals surface area (Å²) in [6, 6.07) is 8.01. The highest BCUT2D eigenvalue weighted by molar-refractivity contribution is 6.03. The Morgan fingerprint density at radius 2 is 2.10 bits per heavy atom. The van der Waals surface area contributed by atoms with E-state index in [-0.39, 0.29) is 11.5 Å². The second-order valence-electron chi connectivity index (χ2n) is 4.17. The number of hydrogen-bond donors (Lipinski definition) is 2. The first-order valence-electron chi connectivity index (χ1n) is 5.93. The van der Waals surface area contributed by atoms with Crippen molar-refractivity contribution in [3.63, 3.8) is 0 Å². The van der Waals surface area contributed by atoms with E-state index >= 15 is 0 Å². The number of furan rings is 1. The van der Waals surface area contributed by atoms with E-state index in [9.17, 15) is 9.59 Å². The van der Waals surface area contributed by atoms with E-state index in [1.165, 1.54) is 30.5 Å². The number of aromatic carboxylic acids is 1. The fourth-order valence-corrected chi connectivity index (χ4v) is 1.61. The maximum absolute atomic E-state index is 11.8. The van der Waals surface area contributed by atoms with Gasteiger partial charge in [-0.15, -0.1) is 0 Å². The summed E-state index contributed by atoms with van der Waals surface area (Å²) in [5.41, 5.74) is 1.38. The van der Waals surface area contributed by atoms with Crippen molar-refractivity contribution in [2.75, 3.05) is 5.32 Å². The maximum atomic E-state index is 11.8. The molecule has 5 nitrogen and oxygen atoms in total. The first-order valence-corrected chi connectivity index (χ1v) is 5.93. The molecule has 1 aromatic carbocycles. The van der Waals surface area contributed by atoms with E-state index in [2.05, 4.69) is 5.32 Å². The molecular weight excluding hydrogens is 258 g/mol. The predicted molar refractivity (Wildman–Crippen MR) is 74.5 cm³/mol. The van der Waals surface area contributed by atoms with Crippen LogP contribution in [0.15, 0.2) is 47.1 Å². The number of aryl methyl sites for hydroxylation is 1. The number of nitrogens with one attached hydrogen (secondary N) is 1. The Bertz CT molecular complexity index is 657. The molecule has 0 spiro atoms. The molecule has 20 heavy (non-hydrogen) atoms. The van der Waals surface area contributed by atoms with Gasteiger partial charge in [-0.2, -0.15) is 0 Å². The molecule has 1 heterocycles. The molecule has 0 saturated carbocycles. The average molecular weight is 271 g/mol. The van der Waals surface area contributed by atoms with E-state index in [0.29, 0.717) is 11.4 Å². The van der Waals surface area contributed by atoms with Gasteiger partial charge in [0.05, 0.1) is 11.8 Å². The normalized spacial score (nSPS) is 10.7. The van der Waals surface area contributed by atoms with Gasteiger partial charge in [-0.1, -0.05) is 6.07 Å². The van der Waals surface area contributed by atoms with Crippen molar-refractivity contribution in [2.45, 2.75) is 6.92 Å². The summed E-state index contributed by atoms with van der Waals surface area (Å²) in [6.07, 6.45) is 4.37. The number of benzene rings is 1. The zero-order valence-corrected chi connectivity index (χ0v) is 10.8. The zero-order chi connectivity index (χ0) is 14.5. The molecule has 0 unspecified atom stereocenters. The lowest BCUT2D eigenvalue weighted by atomic mass is 10.1. The minimum Gasteiger partial charge on any atom is -0.478 e. The van der Waals surface area contributed by atoms with Gasteiger partial charge < -0.3 is 14.8 Å². The molecule has 2 aromatic rings. The predicted octanol–water partition coefficient (Wildman–Crippen LogP) is 2.94. The summed E-state index contributed by atoms with van der Waals surface area (Å²) >= 11 is 0. The summed E-state index contributed by atoms with van der Waals surface area (Å²) in [5, 5.41) is 11.6. The molecule has 0 atom stereocenters. The van der Waals surface area contributed by atoms with E-state index in [4.69, 9.17) is 9.52 Å². The SMILES string of the molecule is Cc1ccc(C(=O)O)cc1NC(=O)/C=C/c1ccco1. The van der Waals surface area contributed by atoms with Crippen LogP contribution in [-0.2, 0) is 4.79 Å². The van der Waals surface area contributed by atoms with Crippen molar-refractivity contribution in [1.82, 2.24) is 0 Å². The van der Waals surface area contributed by atoms with E-state index in [1.54, 1.807) is 25.1 Å². The first-order chi connectivity index (χ1) is 9.56. The molecule has 0 fully saturated rings. The van der Waals surface area contributed by atoms with Crippen LogP contribution >= 0.6 is 0 Å². The van der Waals surface area contributed by atoms with Crippen LogP contribution in [0, 0.1) is 6.92 Å². The second kappa shape index (κ2) is 5.88. The lowest BCUT2D eigenvalue weighted by Crippen LogP contribution is -2.10. The first kappa shape index (κ1) is 13.6. The lowest BCUT2D eigenvalue weighted by molar-refractivity contribution is -0.111. The molecule has 0 aliphatic rings. The third-order valence-electron chi connectivity index (χ3n) is 2.68. The minimum absolute atomic E-state index is 0.126. The molecule has 0 bridgehead atoms. The van der Waals surface area contributed by atoms with Crippen LogP contribution < -0.4 is 5.32 Å². The number of carboxylic acids is 1. The highest BCUT2D eigenvalue weighted by Crippen LogP contribution is 2.17. The number of carbonyl (C=O) groups is 2. The standard InChI is InChI=1S/C15H13NO4/c1-10-4-5-11(15(18)19)9-13(10)16-14(17)7-6-12-3-2-8-20-12/h2-9H,1H3,(H,16,17)(H,18,19)/b7-6+. The Hall–Kier alpha value is -2.82.